The number of nitrogens with one attached hydrogen (secondary N) is 1. The van der Waals surface area contributed by atoms with Crippen LogP contribution in [0.15, 0.2) is 6.07 Å². The van der Waals surface area contributed by atoms with Gasteiger partial charge >= 0.3 is 0 Å². The van der Waals surface area contributed by atoms with Gasteiger partial charge < -0.3 is 16.0 Å². The van der Waals surface area contributed by atoms with Gasteiger partial charge in [0.15, 0.2) is 0 Å². The molecular weight excluding hydrogens is 246 g/mol. The number of hydrogen-bond acceptors (Lipinski definition) is 4. The number of nitrogens with zero attached hydrogens (tertiary/aromatic N) is 1. The van der Waals surface area contributed by atoms with Crippen LogP contribution in [0.5, 0.6) is 0 Å². The molecule has 1 amide bonds. The molecule has 0 spiro atoms. The van der Waals surface area contributed by atoms with Gasteiger partial charge in [0, 0.05) is 19.6 Å². The van der Waals surface area contributed by atoms with Crippen molar-refractivity contribution in [3.05, 3.63) is 10.9 Å². The summed E-state index contributed by atoms with van der Waals surface area (Å²) in [6, 6.07) is 1.94. The minimum absolute atomic E-state index is 0.0587. The smallest absolute Gasteiger partial charge is 0.263 e. The second kappa shape index (κ2) is 5.61. The SMILES string of the molecule is CCNC(=O)c1sc(N2CCC(C)CC2)cc1N. The number of amides is 1. The van der Waals surface area contributed by atoms with Gasteiger partial charge in [0.25, 0.3) is 5.91 Å². The van der Waals surface area contributed by atoms with E-state index in [9.17, 15) is 4.79 Å². The molecule has 4 nitrogen and oxygen atoms in total. The monoisotopic (exact) mass is 267 g/mol. The highest BCUT2D eigenvalue weighted by Crippen LogP contribution is 2.34. The van der Waals surface area contributed by atoms with E-state index in [-0.39, 0.29) is 5.91 Å². The van der Waals surface area contributed by atoms with Crippen molar-refractivity contribution < 1.29 is 4.79 Å². The van der Waals surface area contributed by atoms with Crippen molar-refractivity contribution in [2.45, 2.75) is 26.7 Å². The number of nitrogen functional groups attached to an aromatic ring is 1. The molecule has 1 aliphatic heterocycles. The Bertz CT molecular complexity index is 422. The summed E-state index contributed by atoms with van der Waals surface area (Å²) in [4.78, 5) is 14.8. The van der Waals surface area contributed by atoms with Gasteiger partial charge in [-0.3, -0.25) is 4.79 Å². The standard InChI is InChI=1S/C13H21N3OS/c1-3-15-13(17)12-10(14)8-11(18-12)16-6-4-9(2)5-7-16/h8-9H,3-7,14H2,1-2H3,(H,15,17). The highest BCUT2D eigenvalue weighted by Gasteiger charge is 2.20. The second-order valence-corrected chi connectivity index (χ2v) is 5.93. The van der Waals surface area contributed by atoms with E-state index in [2.05, 4.69) is 17.1 Å². The molecule has 1 saturated heterocycles. The van der Waals surface area contributed by atoms with Gasteiger partial charge in [-0.2, -0.15) is 0 Å². The molecule has 0 bridgehead atoms. The van der Waals surface area contributed by atoms with Crippen LogP contribution in [-0.2, 0) is 0 Å². The Balaban J connectivity index is 2.11. The van der Waals surface area contributed by atoms with Gasteiger partial charge in [0.05, 0.1) is 10.7 Å². The molecule has 2 heterocycles. The van der Waals surface area contributed by atoms with E-state index < -0.39 is 0 Å². The van der Waals surface area contributed by atoms with Gasteiger partial charge in [-0.25, -0.2) is 0 Å². The predicted molar refractivity (Wildman–Crippen MR) is 77.3 cm³/mol. The average Bonchev–Trinajstić information content (AvgIpc) is 2.72. The molecule has 0 unspecified atom stereocenters. The summed E-state index contributed by atoms with van der Waals surface area (Å²) in [6.07, 6.45) is 2.43. The molecule has 100 valence electrons. The fraction of sp³-hybridized carbons (Fsp3) is 0.615. The van der Waals surface area contributed by atoms with Crippen LogP contribution in [-0.4, -0.2) is 25.5 Å². The molecule has 0 aromatic carbocycles. The lowest BCUT2D eigenvalue weighted by Crippen LogP contribution is -2.32. The highest BCUT2D eigenvalue weighted by molar-refractivity contribution is 7.18. The molecule has 5 heteroatoms. The quantitative estimate of drug-likeness (QED) is 0.883. The number of rotatable bonds is 3. The number of carbonyl (C=O) groups is 1. The van der Waals surface area contributed by atoms with Crippen LogP contribution in [0.2, 0.25) is 0 Å². The van der Waals surface area contributed by atoms with Crippen LogP contribution < -0.4 is 16.0 Å². The molecule has 0 atom stereocenters. The van der Waals surface area contributed by atoms with E-state index in [0.29, 0.717) is 17.1 Å². The Morgan fingerprint density at radius 3 is 2.83 bits per heavy atom. The van der Waals surface area contributed by atoms with Crippen molar-refractivity contribution in [1.82, 2.24) is 5.32 Å². The van der Waals surface area contributed by atoms with Crippen molar-refractivity contribution in [2.24, 2.45) is 5.92 Å². The van der Waals surface area contributed by atoms with Crippen LogP contribution in [0, 0.1) is 5.92 Å². The molecule has 18 heavy (non-hydrogen) atoms. The van der Waals surface area contributed by atoms with Crippen molar-refractivity contribution in [1.29, 1.82) is 0 Å². The van der Waals surface area contributed by atoms with E-state index in [1.165, 1.54) is 24.2 Å². The van der Waals surface area contributed by atoms with Gasteiger partial charge in [0.1, 0.15) is 4.88 Å². The average molecular weight is 267 g/mol. The van der Waals surface area contributed by atoms with E-state index in [0.717, 1.165) is 24.0 Å². The molecule has 1 fully saturated rings. The molecule has 2 rings (SSSR count). The highest BCUT2D eigenvalue weighted by atomic mass is 32.1. The fourth-order valence-corrected chi connectivity index (χ4v) is 3.24. The third-order valence-corrected chi connectivity index (χ3v) is 4.60. The Hall–Kier alpha value is -1.23. The maximum absolute atomic E-state index is 11.8. The second-order valence-electron chi connectivity index (χ2n) is 4.90. The molecule has 1 aromatic rings. The molecule has 1 aliphatic rings. The summed E-state index contributed by atoms with van der Waals surface area (Å²) in [6.45, 7) is 6.97. The number of hydrogen-bond donors (Lipinski definition) is 2. The number of thiophene rings is 1. The van der Waals surface area contributed by atoms with E-state index in [1.54, 1.807) is 0 Å². The number of piperidine rings is 1. The maximum Gasteiger partial charge on any atom is 0.263 e. The molecule has 0 aliphatic carbocycles. The Labute approximate surface area is 112 Å². The minimum Gasteiger partial charge on any atom is -0.397 e. The molecule has 0 radical (unpaired) electrons. The molecular formula is C13H21N3OS. The van der Waals surface area contributed by atoms with Crippen LogP contribution in [0.25, 0.3) is 0 Å². The summed E-state index contributed by atoms with van der Waals surface area (Å²) in [5.74, 6) is 0.748. The van der Waals surface area contributed by atoms with Gasteiger partial charge in [-0.1, -0.05) is 6.92 Å². The van der Waals surface area contributed by atoms with Gasteiger partial charge in [0.2, 0.25) is 0 Å². The number of carbonyl (C=O) groups excluding carboxylic acids is 1. The maximum atomic E-state index is 11.8. The first kappa shape index (κ1) is 13.2. The topological polar surface area (TPSA) is 58.4 Å². The summed E-state index contributed by atoms with van der Waals surface area (Å²) in [7, 11) is 0. The van der Waals surface area contributed by atoms with E-state index in [4.69, 9.17) is 5.73 Å². The van der Waals surface area contributed by atoms with Gasteiger partial charge in [-0.15, -0.1) is 11.3 Å². The largest absolute Gasteiger partial charge is 0.397 e. The van der Waals surface area contributed by atoms with E-state index >= 15 is 0 Å². The zero-order valence-electron chi connectivity index (χ0n) is 11.0. The van der Waals surface area contributed by atoms with Crippen LogP contribution in [0.1, 0.15) is 36.4 Å². The number of anilines is 2. The lowest BCUT2D eigenvalue weighted by molar-refractivity contribution is 0.0960. The normalized spacial score (nSPS) is 16.9. The van der Waals surface area contributed by atoms with Crippen LogP contribution in [0.4, 0.5) is 10.7 Å². The lowest BCUT2D eigenvalue weighted by Gasteiger charge is -2.30. The molecule has 0 saturated carbocycles. The van der Waals surface area contributed by atoms with Crippen molar-refractivity contribution in [2.75, 3.05) is 30.3 Å². The summed E-state index contributed by atoms with van der Waals surface area (Å²) in [5, 5.41) is 3.92. The first-order valence-electron chi connectivity index (χ1n) is 6.54. The first-order chi connectivity index (χ1) is 8.61. The van der Waals surface area contributed by atoms with Crippen molar-refractivity contribution >= 4 is 27.9 Å². The first-order valence-corrected chi connectivity index (χ1v) is 7.36. The number of nitrogens with two attached hydrogens (primary N) is 1. The zero-order chi connectivity index (χ0) is 13.1. The van der Waals surface area contributed by atoms with Gasteiger partial charge in [-0.05, 0) is 31.7 Å². The van der Waals surface area contributed by atoms with Crippen LogP contribution >= 0.6 is 11.3 Å². The summed E-state index contributed by atoms with van der Waals surface area (Å²) >= 11 is 1.50. The minimum atomic E-state index is -0.0587. The summed E-state index contributed by atoms with van der Waals surface area (Å²) < 4.78 is 0. The third-order valence-electron chi connectivity index (χ3n) is 3.39. The zero-order valence-corrected chi connectivity index (χ0v) is 11.8. The van der Waals surface area contributed by atoms with Crippen LogP contribution in [0.3, 0.4) is 0 Å². The Morgan fingerprint density at radius 1 is 1.56 bits per heavy atom. The molecule has 3 N–H and O–H groups in total. The third kappa shape index (κ3) is 2.77. The van der Waals surface area contributed by atoms with Crippen molar-refractivity contribution in [3.8, 4) is 0 Å². The Morgan fingerprint density at radius 2 is 2.22 bits per heavy atom. The fourth-order valence-electron chi connectivity index (χ4n) is 2.19. The Kier molecular flexibility index (Phi) is 4.11. The van der Waals surface area contributed by atoms with Crippen molar-refractivity contribution in [3.63, 3.8) is 0 Å². The molecule has 1 aromatic heterocycles. The van der Waals surface area contributed by atoms with E-state index in [1.807, 2.05) is 13.0 Å². The predicted octanol–water partition coefficient (Wildman–Crippen LogP) is 2.32. The summed E-state index contributed by atoms with van der Waals surface area (Å²) in [5.41, 5.74) is 6.53. The lowest BCUT2D eigenvalue weighted by atomic mass is 9.99.